The number of hydrogen-bond acceptors (Lipinski definition) is 1. The van der Waals surface area contributed by atoms with E-state index in [-0.39, 0.29) is 5.41 Å². The summed E-state index contributed by atoms with van der Waals surface area (Å²) in [7, 11) is 0. The lowest BCUT2D eigenvalue weighted by Crippen LogP contribution is -2.14. The van der Waals surface area contributed by atoms with Crippen LogP contribution in [0.25, 0.3) is 116 Å². The lowest BCUT2D eigenvalue weighted by molar-refractivity contribution is 0.661. The van der Waals surface area contributed by atoms with Gasteiger partial charge >= 0.3 is 0 Å². The van der Waals surface area contributed by atoms with Gasteiger partial charge in [-0.15, -0.1) is 0 Å². The van der Waals surface area contributed by atoms with E-state index >= 15 is 0 Å². The van der Waals surface area contributed by atoms with Crippen molar-refractivity contribution in [3.8, 4) is 72.7 Å². The Hall–Kier alpha value is -7.55. The summed E-state index contributed by atoms with van der Waals surface area (Å²) in [5.41, 5.74) is 19.8. The molecule has 0 aliphatic heterocycles. The first-order chi connectivity index (χ1) is 29.5. The van der Waals surface area contributed by atoms with Crippen molar-refractivity contribution in [1.29, 1.82) is 0 Å². The number of nitrogens with zero attached hydrogens (tertiary/aromatic N) is 2. The number of rotatable bonds is 4. The van der Waals surface area contributed by atoms with Crippen LogP contribution in [0.3, 0.4) is 0 Å². The number of fused-ring (bicyclic) bond motifs is 9. The van der Waals surface area contributed by atoms with E-state index in [9.17, 15) is 0 Å². The highest BCUT2D eigenvalue weighted by atomic mass is 15.1. The van der Waals surface area contributed by atoms with E-state index < -0.39 is 0 Å². The maximum Gasteiger partial charge on any atom is 0.145 e. The average molecular weight is 763 g/mol. The zero-order chi connectivity index (χ0) is 39.7. The third-order valence-electron chi connectivity index (χ3n) is 13.5. The maximum atomic E-state index is 5.29. The lowest BCUT2D eigenvalue weighted by Gasteiger charge is -2.24. The molecule has 0 fully saturated rings. The largest absolute Gasteiger partial charge is 0.292 e. The zero-order valence-corrected chi connectivity index (χ0v) is 33.4. The molecule has 0 N–H and O–H groups in total. The summed E-state index contributed by atoms with van der Waals surface area (Å²) in [6.45, 7) is 4.78. The van der Waals surface area contributed by atoms with Gasteiger partial charge in [-0.2, -0.15) is 0 Å². The molecule has 0 saturated heterocycles. The monoisotopic (exact) mass is 762 g/mol. The minimum atomic E-state index is -0.150. The van der Waals surface area contributed by atoms with Gasteiger partial charge in [0.25, 0.3) is 0 Å². The van der Waals surface area contributed by atoms with Crippen LogP contribution in [0.5, 0.6) is 0 Å². The second-order valence-corrected chi connectivity index (χ2v) is 17.0. The molecule has 1 aromatic heterocycles. The quantitative estimate of drug-likeness (QED) is 0.163. The lowest BCUT2D eigenvalue weighted by atomic mass is 9.79. The summed E-state index contributed by atoms with van der Waals surface area (Å²) < 4.78 is 2.30. The van der Waals surface area contributed by atoms with Crippen LogP contribution in [0.4, 0.5) is 0 Å². The van der Waals surface area contributed by atoms with Gasteiger partial charge in [0.15, 0.2) is 0 Å². The Morgan fingerprint density at radius 2 is 0.983 bits per heavy atom. The smallest absolute Gasteiger partial charge is 0.145 e. The first-order valence-corrected chi connectivity index (χ1v) is 21.0. The number of imidazole rings is 1. The number of benzene rings is 10. The number of aromatic nitrogens is 2. The molecule has 60 heavy (non-hydrogen) atoms. The fourth-order valence-corrected chi connectivity index (χ4v) is 10.9. The average Bonchev–Trinajstić information content (AvgIpc) is 3.92. The normalized spacial score (nSPS) is 13.3. The van der Waals surface area contributed by atoms with Crippen LogP contribution in [0.1, 0.15) is 25.0 Å². The van der Waals surface area contributed by atoms with Crippen LogP contribution >= 0.6 is 0 Å². The molecule has 10 aromatic carbocycles. The van der Waals surface area contributed by atoms with Crippen LogP contribution in [0.2, 0.25) is 0 Å². The number of hydrogen-bond donors (Lipinski definition) is 0. The van der Waals surface area contributed by atoms with Gasteiger partial charge in [0.2, 0.25) is 0 Å². The predicted molar refractivity (Wildman–Crippen MR) is 252 cm³/mol. The highest BCUT2D eigenvalue weighted by Crippen LogP contribution is 2.55. The highest BCUT2D eigenvalue weighted by Gasteiger charge is 2.36. The van der Waals surface area contributed by atoms with Crippen LogP contribution in [-0.2, 0) is 5.41 Å². The molecule has 0 atom stereocenters. The molecule has 0 saturated carbocycles. The van der Waals surface area contributed by atoms with E-state index in [1.165, 1.54) is 99.1 Å². The first-order valence-electron chi connectivity index (χ1n) is 21.0. The molecule has 13 rings (SSSR count). The standard InChI is InChI=1S/C58H38N2/c1-58(2)50-27-11-10-22-40(50)47-33-48-49(34-51(47)58)56(46-31-30-45-39-21-7-6-20-38(39)41-25-15-26-44(46)55(41)45)43-24-9-8-23-42(43)54(48)35-16-14-17-36(32-35)57-59-52-28-12-13-29-53(52)60(57)37-18-4-3-5-19-37/h3-34H,1-2H3. The van der Waals surface area contributed by atoms with Crippen LogP contribution in [0, 0.1) is 0 Å². The van der Waals surface area contributed by atoms with Gasteiger partial charge in [-0.3, -0.25) is 4.57 Å². The summed E-state index contributed by atoms with van der Waals surface area (Å²) in [4.78, 5) is 5.29. The van der Waals surface area contributed by atoms with Crippen LogP contribution in [0.15, 0.2) is 194 Å². The zero-order valence-electron chi connectivity index (χ0n) is 33.4. The van der Waals surface area contributed by atoms with Crippen molar-refractivity contribution < 1.29 is 0 Å². The van der Waals surface area contributed by atoms with Gasteiger partial charge in [0.05, 0.1) is 11.0 Å². The summed E-state index contributed by atoms with van der Waals surface area (Å²) in [6, 6.07) is 71.8. The van der Waals surface area contributed by atoms with Gasteiger partial charge in [-0.25, -0.2) is 4.98 Å². The molecule has 2 aliphatic rings. The molecule has 2 aliphatic carbocycles. The van der Waals surface area contributed by atoms with Crippen molar-refractivity contribution in [1.82, 2.24) is 9.55 Å². The summed E-state index contributed by atoms with van der Waals surface area (Å²) in [5, 5.41) is 7.68. The molecule has 11 aromatic rings. The Labute approximate surface area is 348 Å². The van der Waals surface area contributed by atoms with Gasteiger partial charge in [-0.05, 0) is 142 Å². The molecule has 0 amide bonds. The Balaban J connectivity index is 1.14. The Kier molecular flexibility index (Phi) is 6.82. The molecule has 1 heterocycles. The summed E-state index contributed by atoms with van der Waals surface area (Å²) in [6.07, 6.45) is 0. The van der Waals surface area contributed by atoms with Gasteiger partial charge in [0, 0.05) is 16.7 Å². The minimum Gasteiger partial charge on any atom is -0.292 e. The summed E-state index contributed by atoms with van der Waals surface area (Å²) in [5.74, 6) is 0.930. The van der Waals surface area contributed by atoms with Crippen molar-refractivity contribution in [2.45, 2.75) is 19.3 Å². The Bertz CT molecular complexity index is 3590. The molecule has 0 radical (unpaired) electrons. The molecule has 280 valence electrons. The Morgan fingerprint density at radius 1 is 0.383 bits per heavy atom. The fourth-order valence-electron chi connectivity index (χ4n) is 10.9. The highest BCUT2D eigenvalue weighted by molar-refractivity contribution is 6.27. The van der Waals surface area contributed by atoms with Crippen molar-refractivity contribution in [3.63, 3.8) is 0 Å². The molecule has 2 nitrogen and oxygen atoms in total. The first kappa shape index (κ1) is 33.4. The van der Waals surface area contributed by atoms with Crippen LogP contribution < -0.4 is 0 Å². The second kappa shape index (κ2) is 12.2. The topological polar surface area (TPSA) is 17.8 Å². The van der Waals surface area contributed by atoms with Crippen molar-refractivity contribution in [3.05, 3.63) is 205 Å². The van der Waals surface area contributed by atoms with Gasteiger partial charge < -0.3 is 0 Å². The number of para-hydroxylation sites is 3. The minimum absolute atomic E-state index is 0.150. The predicted octanol–water partition coefficient (Wildman–Crippen LogP) is 15.4. The van der Waals surface area contributed by atoms with Gasteiger partial charge in [0.1, 0.15) is 5.82 Å². The molecular weight excluding hydrogens is 725 g/mol. The third-order valence-corrected chi connectivity index (χ3v) is 13.5. The maximum absolute atomic E-state index is 5.29. The molecule has 0 bridgehead atoms. The molecule has 0 unspecified atom stereocenters. The van der Waals surface area contributed by atoms with Crippen molar-refractivity contribution in [2.24, 2.45) is 0 Å². The van der Waals surface area contributed by atoms with Crippen molar-refractivity contribution >= 4 is 43.4 Å². The summed E-state index contributed by atoms with van der Waals surface area (Å²) >= 11 is 0. The third kappa shape index (κ3) is 4.51. The molecule has 0 spiro atoms. The second-order valence-electron chi connectivity index (χ2n) is 17.0. The fraction of sp³-hybridized carbons (Fsp3) is 0.0517. The Morgan fingerprint density at radius 3 is 1.82 bits per heavy atom. The molecular formula is C58H38N2. The van der Waals surface area contributed by atoms with Gasteiger partial charge in [-0.1, -0.05) is 166 Å². The van der Waals surface area contributed by atoms with E-state index in [1.54, 1.807) is 0 Å². The van der Waals surface area contributed by atoms with E-state index in [2.05, 4.69) is 213 Å². The van der Waals surface area contributed by atoms with E-state index in [0.717, 1.165) is 28.1 Å². The van der Waals surface area contributed by atoms with E-state index in [1.807, 2.05) is 0 Å². The van der Waals surface area contributed by atoms with Crippen LogP contribution in [-0.4, -0.2) is 9.55 Å². The van der Waals surface area contributed by atoms with E-state index in [4.69, 9.17) is 4.98 Å². The molecule has 2 heteroatoms. The SMILES string of the molecule is CC1(C)c2ccccc2-c2cc3c(-c4cccc(-c5nc6ccccc6n5-c5ccccc5)c4)c4ccccc4c(-c4ccc5c6c(cccc46)-c4ccccc4-5)c3cc21. The van der Waals surface area contributed by atoms with E-state index in [0.29, 0.717) is 0 Å². The van der Waals surface area contributed by atoms with Crippen molar-refractivity contribution in [2.75, 3.05) is 0 Å².